The van der Waals surface area contributed by atoms with E-state index in [1.54, 1.807) is 0 Å². The van der Waals surface area contributed by atoms with E-state index in [9.17, 15) is 4.79 Å². The molecule has 1 fully saturated rings. The molecule has 0 heterocycles. The standard InChI is InChI=1S/C14H22O3/c1-4-16-13(15)14-6-5-11(8-14)7-12(14)17-9-10(2)3/h5-6,10-12H,4,7-9H2,1-3H3. The highest BCUT2D eigenvalue weighted by molar-refractivity contribution is 5.81. The zero-order chi connectivity index (χ0) is 12.5. The number of hydrogen-bond acceptors (Lipinski definition) is 3. The van der Waals surface area contributed by atoms with Gasteiger partial charge < -0.3 is 9.47 Å². The minimum atomic E-state index is -0.491. The second-order valence-corrected chi connectivity index (χ2v) is 5.54. The molecule has 2 rings (SSSR count). The van der Waals surface area contributed by atoms with Crippen LogP contribution in [0.25, 0.3) is 0 Å². The van der Waals surface area contributed by atoms with Gasteiger partial charge in [0.05, 0.1) is 12.7 Å². The molecule has 0 spiro atoms. The van der Waals surface area contributed by atoms with Crippen LogP contribution >= 0.6 is 0 Å². The number of carbonyl (C=O) groups excluding carboxylic acids is 1. The Labute approximate surface area is 103 Å². The first-order valence-electron chi connectivity index (χ1n) is 6.56. The lowest BCUT2D eigenvalue weighted by molar-refractivity contribution is -0.159. The molecule has 96 valence electrons. The molecule has 0 aromatic heterocycles. The normalized spacial score (nSPS) is 34.6. The van der Waals surface area contributed by atoms with Crippen LogP contribution in [-0.2, 0) is 14.3 Å². The van der Waals surface area contributed by atoms with Crippen LogP contribution in [0.1, 0.15) is 33.6 Å². The zero-order valence-corrected chi connectivity index (χ0v) is 10.9. The first-order valence-corrected chi connectivity index (χ1v) is 6.56. The maximum absolute atomic E-state index is 12.1. The number of fused-ring (bicyclic) bond motifs is 2. The summed E-state index contributed by atoms with van der Waals surface area (Å²) in [5.74, 6) is 0.888. The van der Waals surface area contributed by atoms with Crippen molar-refractivity contribution in [2.24, 2.45) is 17.3 Å². The fourth-order valence-corrected chi connectivity index (χ4v) is 2.84. The molecule has 3 atom stereocenters. The van der Waals surface area contributed by atoms with Crippen molar-refractivity contribution in [2.75, 3.05) is 13.2 Å². The Bertz CT molecular complexity index is 321. The summed E-state index contributed by atoms with van der Waals surface area (Å²) in [4.78, 5) is 12.1. The van der Waals surface area contributed by atoms with Gasteiger partial charge in [-0.2, -0.15) is 0 Å². The van der Waals surface area contributed by atoms with E-state index in [4.69, 9.17) is 9.47 Å². The highest BCUT2D eigenvalue weighted by atomic mass is 16.5. The summed E-state index contributed by atoms with van der Waals surface area (Å²) in [6.07, 6.45) is 6.01. The van der Waals surface area contributed by atoms with Crippen molar-refractivity contribution < 1.29 is 14.3 Å². The van der Waals surface area contributed by atoms with Gasteiger partial charge in [-0.1, -0.05) is 26.0 Å². The molecule has 0 saturated heterocycles. The third-order valence-corrected chi connectivity index (χ3v) is 3.64. The van der Waals surface area contributed by atoms with Crippen LogP contribution in [0.4, 0.5) is 0 Å². The highest BCUT2D eigenvalue weighted by Gasteiger charge is 2.55. The predicted octanol–water partition coefficient (Wildman–Crippen LogP) is 2.56. The molecule has 0 radical (unpaired) electrons. The van der Waals surface area contributed by atoms with Gasteiger partial charge in [-0.05, 0) is 31.6 Å². The van der Waals surface area contributed by atoms with Gasteiger partial charge in [0.15, 0.2) is 0 Å². The average Bonchev–Trinajstić information content (AvgIpc) is 2.85. The van der Waals surface area contributed by atoms with Gasteiger partial charge in [-0.3, -0.25) is 4.79 Å². The summed E-state index contributed by atoms with van der Waals surface area (Å²) in [6, 6.07) is 0. The Kier molecular flexibility index (Phi) is 3.57. The third-order valence-electron chi connectivity index (χ3n) is 3.64. The van der Waals surface area contributed by atoms with Crippen LogP contribution in [0.5, 0.6) is 0 Å². The van der Waals surface area contributed by atoms with E-state index in [2.05, 4.69) is 19.9 Å². The molecule has 0 aromatic rings. The van der Waals surface area contributed by atoms with Crippen LogP contribution in [0.15, 0.2) is 12.2 Å². The predicted molar refractivity (Wildman–Crippen MR) is 65.5 cm³/mol. The Morgan fingerprint density at radius 2 is 2.29 bits per heavy atom. The minimum absolute atomic E-state index is 0.0129. The number of ether oxygens (including phenoxy) is 2. The van der Waals surface area contributed by atoms with Gasteiger partial charge in [-0.25, -0.2) is 0 Å². The molecule has 2 aliphatic carbocycles. The topological polar surface area (TPSA) is 35.5 Å². The van der Waals surface area contributed by atoms with Gasteiger partial charge in [0.25, 0.3) is 0 Å². The van der Waals surface area contributed by atoms with Crippen molar-refractivity contribution in [3.8, 4) is 0 Å². The average molecular weight is 238 g/mol. The van der Waals surface area contributed by atoms with Crippen molar-refractivity contribution in [2.45, 2.75) is 39.7 Å². The van der Waals surface area contributed by atoms with E-state index < -0.39 is 5.41 Å². The highest BCUT2D eigenvalue weighted by Crippen LogP contribution is 2.51. The Hall–Kier alpha value is -0.830. The third kappa shape index (κ3) is 2.25. The van der Waals surface area contributed by atoms with E-state index in [0.29, 0.717) is 25.0 Å². The summed E-state index contributed by atoms with van der Waals surface area (Å²) in [7, 11) is 0. The Morgan fingerprint density at radius 3 is 2.88 bits per heavy atom. The summed E-state index contributed by atoms with van der Waals surface area (Å²) >= 11 is 0. The van der Waals surface area contributed by atoms with Crippen molar-refractivity contribution in [1.29, 1.82) is 0 Å². The van der Waals surface area contributed by atoms with E-state index in [0.717, 1.165) is 12.8 Å². The number of hydrogen-bond donors (Lipinski definition) is 0. The lowest BCUT2D eigenvalue weighted by Crippen LogP contribution is -2.40. The van der Waals surface area contributed by atoms with Gasteiger partial charge in [0.2, 0.25) is 0 Å². The molecule has 3 heteroatoms. The van der Waals surface area contributed by atoms with E-state index in [1.165, 1.54) is 0 Å². The zero-order valence-electron chi connectivity index (χ0n) is 10.9. The molecule has 0 amide bonds. The summed E-state index contributed by atoms with van der Waals surface area (Å²) in [5.41, 5.74) is -0.491. The van der Waals surface area contributed by atoms with Crippen LogP contribution in [0.3, 0.4) is 0 Å². The molecule has 17 heavy (non-hydrogen) atoms. The maximum Gasteiger partial charge on any atom is 0.318 e. The smallest absolute Gasteiger partial charge is 0.318 e. The number of allylic oxidation sites excluding steroid dienone is 1. The molecule has 0 aliphatic heterocycles. The van der Waals surface area contributed by atoms with Crippen molar-refractivity contribution in [3.63, 3.8) is 0 Å². The van der Waals surface area contributed by atoms with Crippen molar-refractivity contribution in [1.82, 2.24) is 0 Å². The molecule has 3 unspecified atom stereocenters. The first-order chi connectivity index (χ1) is 8.08. The SMILES string of the molecule is CCOC(=O)C12C=CC(CC1OCC(C)C)C2. The lowest BCUT2D eigenvalue weighted by Gasteiger charge is -2.30. The Morgan fingerprint density at radius 1 is 1.53 bits per heavy atom. The van der Waals surface area contributed by atoms with Gasteiger partial charge >= 0.3 is 5.97 Å². The first kappa shape index (κ1) is 12.6. The van der Waals surface area contributed by atoms with Crippen molar-refractivity contribution in [3.05, 3.63) is 12.2 Å². The molecule has 3 nitrogen and oxygen atoms in total. The molecular formula is C14H22O3. The summed E-state index contributed by atoms with van der Waals surface area (Å²) in [5, 5.41) is 0. The largest absolute Gasteiger partial charge is 0.465 e. The monoisotopic (exact) mass is 238 g/mol. The molecule has 0 N–H and O–H groups in total. The molecule has 1 saturated carbocycles. The van der Waals surface area contributed by atoms with Crippen LogP contribution in [-0.4, -0.2) is 25.3 Å². The summed E-state index contributed by atoms with van der Waals surface area (Å²) < 4.78 is 11.1. The quantitative estimate of drug-likeness (QED) is 0.545. The number of esters is 1. The molecule has 2 aliphatic rings. The van der Waals surface area contributed by atoms with Crippen LogP contribution in [0, 0.1) is 17.3 Å². The van der Waals surface area contributed by atoms with Gasteiger partial charge in [0.1, 0.15) is 5.41 Å². The fraction of sp³-hybridized carbons (Fsp3) is 0.786. The molecular weight excluding hydrogens is 216 g/mol. The lowest BCUT2D eigenvalue weighted by atomic mass is 9.85. The van der Waals surface area contributed by atoms with E-state index >= 15 is 0 Å². The van der Waals surface area contributed by atoms with E-state index in [1.807, 2.05) is 13.0 Å². The maximum atomic E-state index is 12.1. The second-order valence-electron chi connectivity index (χ2n) is 5.54. The number of carbonyl (C=O) groups is 1. The Balaban J connectivity index is 2.06. The molecule has 2 bridgehead atoms. The van der Waals surface area contributed by atoms with Gasteiger partial charge in [-0.15, -0.1) is 0 Å². The van der Waals surface area contributed by atoms with Gasteiger partial charge in [0, 0.05) is 6.61 Å². The van der Waals surface area contributed by atoms with Crippen molar-refractivity contribution >= 4 is 5.97 Å². The summed E-state index contributed by atoms with van der Waals surface area (Å²) in [6.45, 7) is 7.26. The number of rotatable bonds is 5. The second kappa shape index (κ2) is 4.81. The van der Waals surface area contributed by atoms with Crippen LogP contribution in [0.2, 0.25) is 0 Å². The van der Waals surface area contributed by atoms with Crippen LogP contribution < -0.4 is 0 Å². The van der Waals surface area contributed by atoms with E-state index in [-0.39, 0.29) is 12.1 Å². The fourth-order valence-electron chi connectivity index (χ4n) is 2.84. The molecule has 0 aromatic carbocycles. The minimum Gasteiger partial charge on any atom is -0.465 e.